The summed E-state index contributed by atoms with van der Waals surface area (Å²) in [5.41, 5.74) is 0.717. The highest BCUT2D eigenvalue weighted by Crippen LogP contribution is 2.21. The van der Waals surface area contributed by atoms with Crippen molar-refractivity contribution >= 4 is 11.9 Å². The monoisotopic (exact) mass is 251 g/mol. The van der Waals surface area contributed by atoms with Gasteiger partial charge >= 0.3 is 5.97 Å². The van der Waals surface area contributed by atoms with Gasteiger partial charge in [-0.3, -0.25) is 9.59 Å². The van der Waals surface area contributed by atoms with Gasteiger partial charge in [0, 0.05) is 13.1 Å². The van der Waals surface area contributed by atoms with Crippen LogP contribution in [0.25, 0.3) is 0 Å². The summed E-state index contributed by atoms with van der Waals surface area (Å²) in [5, 5.41) is 0. The van der Waals surface area contributed by atoms with Gasteiger partial charge in [-0.15, -0.1) is 0 Å². The zero-order chi connectivity index (χ0) is 13.1. The molecule has 1 amide bonds. The molecule has 1 fully saturated rings. The average Bonchev–Trinajstić information content (AvgIpc) is 2.70. The van der Waals surface area contributed by atoms with Gasteiger partial charge in [-0.1, -0.05) is 12.1 Å². The molecular formula is C13H14FNO3. The molecule has 1 heterocycles. The molecular weight excluding hydrogens is 237 g/mol. The molecule has 1 saturated heterocycles. The maximum atomic E-state index is 13.0. The summed E-state index contributed by atoms with van der Waals surface area (Å²) in [4.78, 5) is 24.8. The molecule has 1 aliphatic rings. The molecule has 0 spiro atoms. The minimum absolute atomic E-state index is 0.244. The number of carbonyl (C=O) groups is 2. The van der Waals surface area contributed by atoms with Gasteiger partial charge in [-0.2, -0.15) is 0 Å². The molecule has 0 aromatic heterocycles. The summed E-state index contributed by atoms with van der Waals surface area (Å²) < 4.78 is 17.6. The predicted octanol–water partition coefficient (Wildman–Crippen LogP) is 1.35. The molecule has 1 aliphatic heterocycles. The van der Waals surface area contributed by atoms with Gasteiger partial charge in [0.25, 0.3) is 0 Å². The molecule has 96 valence electrons. The standard InChI is InChI=1S/C13H14FNO3/c1-18-13(17)11-5-6-15(12(11)16)8-9-3-2-4-10(14)7-9/h2-4,7,11H,5-6,8H2,1H3/t11-/m0/s1. The summed E-state index contributed by atoms with van der Waals surface area (Å²) in [5.74, 6) is -1.78. The lowest BCUT2D eigenvalue weighted by molar-refractivity contribution is -0.150. The van der Waals surface area contributed by atoms with Gasteiger partial charge in [0.15, 0.2) is 0 Å². The molecule has 4 nitrogen and oxygen atoms in total. The van der Waals surface area contributed by atoms with Crippen molar-refractivity contribution in [2.45, 2.75) is 13.0 Å². The van der Waals surface area contributed by atoms with E-state index in [1.807, 2.05) is 0 Å². The van der Waals surface area contributed by atoms with Gasteiger partial charge < -0.3 is 9.64 Å². The third kappa shape index (κ3) is 2.50. The molecule has 18 heavy (non-hydrogen) atoms. The molecule has 5 heteroatoms. The van der Waals surface area contributed by atoms with Crippen molar-refractivity contribution in [2.75, 3.05) is 13.7 Å². The van der Waals surface area contributed by atoms with Crippen molar-refractivity contribution in [2.24, 2.45) is 5.92 Å². The van der Waals surface area contributed by atoms with Crippen LogP contribution in [0.3, 0.4) is 0 Å². The third-order valence-electron chi connectivity index (χ3n) is 3.05. The van der Waals surface area contributed by atoms with Gasteiger partial charge in [0.05, 0.1) is 7.11 Å². The molecule has 1 atom stereocenters. The van der Waals surface area contributed by atoms with E-state index in [0.29, 0.717) is 25.1 Å². The minimum Gasteiger partial charge on any atom is -0.468 e. The van der Waals surface area contributed by atoms with Gasteiger partial charge in [-0.25, -0.2) is 4.39 Å². The van der Waals surface area contributed by atoms with Crippen LogP contribution >= 0.6 is 0 Å². The molecule has 0 bridgehead atoms. The van der Waals surface area contributed by atoms with Crippen LogP contribution in [0.4, 0.5) is 4.39 Å². The van der Waals surface area contributed by atoms with Crippen LogP contribution in [0.1, 0.15) is 12.0 Å². The van der Waals surface area contributed by atoms with Crippen LogP contribution < -0.4 is 0 Å². The Morgan fingerprint density at radius 1 is 1.56 bits per heavy atom. The number of hydrogen-bond donors (Lipinski definition) is 0. The van der Waals surface area contributed by atoms with Crippen LogP contribution in [0.5, 0.6) is 0 Å². The van der Waals surface area contributed by atoms with Crippen LogP contribution in [0.15, 0.2) is 24.3 Å². The van der Waals surface area contributed by atoms with Crippen molar-refractivity contribution in [3.63, 3.8) is 0 Å². The minimum atomic E-state index is -0.705. The normalized spacial score (nSPS) is 19.1. The third-order valence-corrected chi connectivity index (χ3v) is 3.05. The number of likely N-dealkylation sites (tertiary alicyclic amines) is 1. The van der Waals surface area contributed by atoms with E-state index < -0.39 is 11.9 Å². The van der Waals surface area contributed by atoms with Gasteiger partial charge in [0.1, 0.15) is 11.7 Å². The van der Waals surface area contributed by atoms with E-state index >= 15 is 0 Å². The van der Waals surface area contributed by atoms with Crippen LogP contribution in [0, 0.1) is 11.7 Å². The second kappa shape index (κ2) is 5.16. The molecule has 0 N–H and O–H groups in total. The lowest BCUT2D eigenvalue weighted by Gasteiger charge is -2.16. The zero-order valence-electron chi connectivity index (χ0n) is 10.1. The van der Waals surface area contributed by atoms with Crippen LogP contribution in [0.2, 0.25) is 0 Å². The summed E-state index contributed by atoms with van der Waals surface area (Å²) in [6, 6.07) is 6.09. The number of hydrogen-bond acceptors (Lipinski definition) is 3. The maximum absolute atomic E-state index is 13.0. The zero-order valence-corrected chi connectivity index (χ0v) is 10.1. The quantitative estimate of drug-likeness (QED) is 0.601. The van der Waals surface area contributed by atoms with Crippen LogP contribution in [-0.2, 0) is 20.9 Å². The number of rotatable bonds is 3. The molecule has 0 aliphatic carbocycles. The summed E-state index contributed by atoms with van der Waals surface area (Å²) in [6.45, 7) is 0.819. The largest absolute Gasteiger partial charge is 0.468 e. The van der Waals surface area contributed by atoms with Crippen molar-refractivity contribution in [1.29, 1.82) is 0 Å². The SMILES string of the molecule is COC(=O)[C@H]1CCN(Cc2cccc(F)c2)C1=O. The topological polar surface area (TPSA) is 46.6 Å². The predicted molar refractivity (Wildman–Crippen MR) is 61.9 cm³/mol. The van der Waals surface area contributed by atoms with E-state index in [2.05, 4.69) is 4.74 Å². The van der Waals surface area contributed by atoms with Crippen molar-refractivity contribution in [3.05, 3.63) is 35.6 Å². The number of carbonyl (C=O) groups excluding carboxylic acids is 2. The van der Waals surface area contributed by atoms with E-state index in [-0.39, 0.29) is 11.7 Å². The highest BCUT2D eigenvalue weighted by atomic mass is 19.1. The lowest BCUT2D eigenvalue weighted by atomic mass is 10.1. The van der Waals surface area contributed by atoms with Crippen LogP contribution in [-0.4, -0.2) is 30.4 Å². The van der Waals surface area contributed by atoms with Crippen molar-refractivity contribution in [3.8, 4) is 0 Å². The molecule has 0 radical (unpaired) electrons. The fourth-order valence-corrected chi connectivity index (χ4v) is 2.11. The van der Waals surface area contributed by atoms with E-state index in [1.54, 1.807) is 17.0 Å². The van der Waals surface area contributed by atoms with Gasteiger partial charge in [0.2, 0.25) is 5.91 Å². The summed E-state index contributed by atoms with van der Waals surface area (Å²) in [7, 11) is 1.27. The lowest BCUT2D eigenvalue weighted by Crippen LogP contribution is -2.30. The highest BCUT2D eigenvalue weighted by Gasteiger charge is 2.37. The molecule has 0 unspecified atom stereocenters. The fraction of sp³-hybridized carbons (Fsp3) is 0.385. The van der Waals surface area contributed by atoms with E-state index in [1.165, 1.54) is 19.2 Å². The Bertz CT molecular complexity index is 475. The number of nitrogens with zero attached hydrogens (tertiary/aromatic N) is 1. The number of benzene rings is 1. The fourth-order valence-electron chi connectivity index (χ4n) is 2.11. The van der Waals surface area contributed by atoms with E-state index in [4.69, 9.17) is 0 Å². The Morgan fingerprint density at radius 2 is 2.33 bits per heavy atom. The second-order valence-electron chi connectivity index (χ2n) is 4.25. The number of halogens is 1. The first-order chi connectivity index (χ1) is 8.61. The first-order valence-corrected chi connectivity index (χ1v) is 5.73. The van der Waals surface area contributed by atoms with Crippen molar-refractivity contribution < 1.29 is 18.7 Å². The number of methoxy groups -OCH3 is 1. The Kier molecular flexibility index (Phi) is 3.60. The average molecular weight is 251 g/mol. The highest BCUT2D eigenvalue weighted by molar-refractivity contribution is 5.99. The molecule has 0 saturated carbocycles. The van der Waals surface area contributed by atoms with E-state index in [9.17, 15) is 14.0 Å². The smallest absolute Gasteiger partial charge is 0.318 e. The maximum Gasteiger partial charge on any atom is 0.318 e. The number of esters is 1. The molecule has 1 aromatic carbocycles. The second-order valence-corrected chi connectivity index (χ2v) is 4.25. The van der Waals surface area contributed by atoms with E-state index in [0.717, 1.165) is 0 Å². The molecule has 2 rings (SSSR count). The number of amides is 1. The Labute approximate surface area is 104 Å². The first-order valence-electron chi connectivity index (χ1n) is 5.73. The first kappa shape index (κ1) is 12.5. The number of ether oxygens (including phenoxy) is 1. The van der Waals surface area contributed by atoms with Crippen molar-refractivity contribution in [1.82, 2.24) is 4.90 Å². The Balaban J connectivity index is 2.04. The Morgan fingerprint density at radius 3 is 3.00 bits per heavy atom. The Hall–Kier alpha value is -1.91. The summed E-state index contributed by atoms with van der Waals surface area (Å²) in [6.07, 6.45) is 0.459. The summed E-state index contributed by atoms with van der Waals surface area (Å²) >= 11 is 0. The molecule has 1 aromatic rings. The van der Waals surface area contributed by atoms with Gasteiger partial charge in [-0.05, 0) is 24.1 Å².